The van der Waals surface area contributed by atoms with E-state index in [1.807, 2.05) is 115 Å². The van der Waals surface area contributed by atoms with Crippen molar-refractivity contribution in [3.63, 3.8) is 0 Å². The summed E-state index contributed by atoms with van der Waals surface area (Å²) in [5, 5.41) is 10.8. The van der Waals surface area contributed by atoms with Gasteiger partial charge in [0.1, 0.15) is 48.0 Å². The molecule has 0 spiro atoms. The van der Waals surface area contributed by atoms with Crippen LogP contribution in [0.25, 0.3) is 192 Å². The number of furan rings is 2. The molecule has 0 bridgehead atoms. The van der Waals surface area contributed by atoms with Crippen molar-refractivity contribution in [2.75, 3.05) is 16.9 Å². The number of fused-ring (bicyclic) bond motifs is 21. The minimum Gasteiger partial charge on any atom is -0.495 e. The van der Waals surface area contributed by atoms with Crippen LogP contribution in [0.3, 0.4) is 0 Å². The minimum absolute atomic E-state index is 0.0757. The van der Waals surface area contributed by atoms with E-state index in [-0.39, 0.29) is 5.92 Å². The van der Waals surface area contributed by atoms with Crippen molar-refractivity contribution < 1.29 is 27.1 Å². The molecular weight excluding hydrogens is 1790 g/mol. The van der Waals surface area contributed by atoms with Crippen LogP contribution >= 0.6 is 68.4 Å². The van der Waals surface area contributed by atoms with Crippen LogP contribution in [-0.4, -0.2) is 37.0 Å². The third-order valence-corrected chi connectivity index (χ3v) is 31.9. The summed E-state index contributed by atoms with van der Waals surface area (Å²) in [6, 6.07) is 134. The molecule has 14 nitrogen and oxygen atoms in total. The van der Waals surface area contributed by atoms with Crippen molar-refractivity contribution in [1.29, 1.82) is 0 Å². The number of thiazole rings is 4. The average Bonchev–Trinajstić information content (AvgIpc) is 1.48. The number of hydrogen-bond acceptors (Lipinski definition) is 20. The highest BCUT2D eigenvalue weighted by molar-refractivity contribution is 8.00. The zero-order valence-corrected chi connectivity index (χ0v) is 76.9. The normalized spacial score (nSPS) is 12.4. The molecule has 29 rings (SSSR count). The Morgan fingerprint density at radius 1 is 0.287 bits per heavy atom. The number of thiophene rings is 1. The van der Waals surface area contributed by atoms with Gasteiger partial charge in [0.05, 0.1) is 80.3 Å². The van der Waals surface area contributed by atoms with E-state index in [1.54, 1.807) is 75.6 Å². The quantitative estimate of drug-likeness (QED) is 0.106. The van der Waals surface area contributed by atoms with Gasteiger partial charge in [0.2, 0.25) is 11.8 Å². The van der Waals surface area contributed by atoms with Crippen LogP contribution in [0.15, 0.2) is 416 Å². The molecule has 136 heavy (non-hydrogen) atoms. The molecule has 0 aliphatic carbocycles. The topological polar surface area (TPSA) is 155 Å². The first-order valence-electron chi connectivity index (χ1n) is 44.4. The van der Waals surface area contributed by atoms with Gasteiger partial charge in [0.15, 0.2) is 33.8 Å². The first-order chi connectivity index (χ1) is 67.3. The summed E-state index contributed by atoms with van der Waals surface area (Å²) in [4.78, 5) is 36.0. The van der Waals surface area contributed by atoms with Crippen LogP contribution in [-0.2, 0) is 0 Å². The van der Waals surface area contributed by atoms with Crippen molar-refractivity contribution in [1.82, 2.24) is 29.9 Å². The lowest BCUT2D eigenvalue weighted by molar-refractivity contribution is 0.415. The SMILES string of the molecule is COc1c(C(c2cccc(-c3nc4ccccc4s3)c2)c2cccc(-c3nc4ccccc4s3)c2)ccc2c1sc1ccccc12.c1cc(-c2nc3ccccc3o2)cc(N2c3cc(-c4nc5ccccc5o4)ccc3Sc3c2ccc2c3oc3ccccc32)c1.c1ccc2sc(-c3ccc(N4c5ccc(-c6nc7ccccc7s6)cc5Oc5c4ccc4c5oc5ccccc54)cc3)nc2c1. The van der Waals surface area contributed by atoms with Crippen LogP contribution in [0.4, 0.5) is 34.1 Å². The second-order valence-corrected chi connectivity index (χ2v) is 39.6. The third-order valence-electron chi connectivity index (χ3n) is 25.2. The summed E-state index contributed by atoms with van der Waals surface area (Å²) >= 11 is 10.4. The Morgan fingerprint density at radius 2 is 0.735 bits per heavy atom. The van der Waals surface area contributed by atoms with Crippen LogP contribution in [0.2, 0.25) is 0 Å². The monoisotopic (exact) mass is 1860 g/mol. The highest BCUT2D eigenvalue weighted by Crippen LogP contribution is 2.59. The van der Waals surface area contributed by atoms with Crippen LogP contribution in [0, 0.1) is 0 Å². The summed E-state index contributed by atoms with van der Waals surface area (Å²) in [6.45, 7) is 0. The Labute approximate surface area is 800 Å². The first kappa shape index (κ1) is 79.6. The lowest BCUT2D eigenvalue weighted by atomic mass is 9.83. The van der Waals surface area contributed by atoms with Gasteiger partial charge in [-0.1, -0.05) is 194 Å². The van der Waals surface area contributed by atoms with Gasteiger partial charge in [0.25, 0.3) is 0 Å². The summed E-state index contributed by atoms with van der Waals surface area (Å²) in [5.74, 6) is 3.48. The smallest absolute Gasteiger partial charge is 0.227 e. The third kappa shape index (κ3) is 13.8. The van der Waals surface area contributed by atoms with Gasteiger partial charge in [0, 0.05) is 98.1 Å². The van der Waals surface area contributed by atoms with Gasteiger partial charge in [-0.2, -0.15) is 0 Å². The standard InChI is InChI=1S/C40H26N2OS3.C38H21N3O3S.C38H21N3O2S2/c1-43-37-30(21-20-29-28-14-2-5-17-33(28)44-38(29)37)36(24-10-8-12-26(22-24)39-41-31-15-3-6-18-34(31)45-39)25-11-9-13-27(23-25)40-42-32-16-4-7-19-35(32)46-40;1-4-13-31-25(10-1)26-17-18-29-36(35(26)42-31)45-34-19-16-23(38-40-28-12-3-6-15-33(28)44-38)21-30(34)41(29)24-9-7-8-22(20-24)37-39-27-11-2-5-14-32(27)43-37;1-4-10-31-25(7-1)26-18-20-30-36(35(26)42-31)43-32-21-23(38-40-28-9-3-6-12-34(28)45-38)15-19-29(32)41(30)24-16-13-22(14-17-24)37-39-27-8-2-5-11-33(27)44-37/h2-23,36H,1H3;2*1-21H. The number of para-hydroxylation sites is 10. The largest absolute Gasteiger partial charge is 0.495 e. The van der Waals surface area contributed by atoms with E-state index in [1.165, 1.54) is 45.4 Å². The molecule has 2 aliphatic rings. The maximum Gasteiger partial charge on any atom is 0.227 e. The van der Waals surface area contributed by atoms with Gasteiger partial charge >= 0.3 is 0 Å². The Balaban J connectivity index is 0.000000103. The molecule has 0 saturated heterocycles. The Kier molecular flexibility index (Phi) is 19.1. The van der Waals surface area contributed by atoms with Gasteiger partial charge in [-0.05, 0) is 217 Å². The van der Waals surface area contributed by atoms with E-state index in [0.717, 1.165) is 207 Å². The van der Waals surface area contributed by atoms with Gasteiger partial charge in [-0.3, -0.25) is 0 Å². The second-order valence-electron chi connectivity index (χ2n) is 33.4. The predicted molar refractivity (Wildman–Crippen MR) is 561 cm³/mol. The molecule has 11 heterocycles. The Bertz CT molecular complexity index is 9170. The fraction of sp³-hybridized carbons (Fsp3) is 0.0172. The van der Waals surface area contributed by atoms with Gasteiger partial charge in [-0.15, -0.1) is 56.7 Å². The second kappa shape index (κ2) is 32.6. The van der Waals surface area contributed by atoms with Crippen molar-refractivity contribution in [2.45, 2.75) is 15.7 Å². The highest BCUT2D eigenvalue weighted by Gasteiger charge is 2.34. The average molecular weight is 1860 g/mol. The zero-order chi connectivity index (χ0) is 89.6. The number of rotatable bonds is 12. The number of ether oxygens (including phenoxy) is 2. The number of oxazole rings is 2. The molecule has 0 saturated carbocycles. The molecule has 20 heteroatoms. The van der Waals surface area contributed by atoms with Crippen molar-refractivity contribution in [3.8, 4) is 82.4 Å². The van der Waals surface area contributed by atoms with Crippen LogP contribution in [0.1, 0.15) is 22.6 Å². The molecule has 27 aromatic rings. The maximum atomic E-state index is 6.77. The first-order valence-corrected chi connectivity index (χ1v) is 49.3. The van der Waals surface area contributed by atoms with E-state index in [2.05, 4.69) is 283 Å². The number of methoxy groups -OCH3 is 1. The van der Waals surface area contributed by atoms with Crippen molar-refractivity contribution in [3.05, 3.63) is 405 Å². The molecule has 644 valence electrons. The van der Waals surface area contributed by atoms with Gasteiger partial charge in [-0.25, -0.2) is 29.9 Å². The fourth-order valence-corrected chi connectivity index (χ4v) is 25.1. The molecule has 0 atom stereocenters. The molecule has 0 unspecified atom stereocenters. The predicted octanol–water partition coefficient (Wildman–Crippen LogP) is 34.6. The Morgan fingerprint density at radius 3 is 1.31 bits per heavy atom. The number of nitrogens with zero attached hydrogens (tertiary/aromatic N) is 8. The lowest BCUT2D eigenvalue weighted by Gasteiger charge is -2.33. The van der Waals surface area contributed by atoms with Crippen LogP contribution < -0.4 is 19.3 Å². The zero-order valence-electron chi connectivity index (χ0n) is 72.0. The summed E-state index contributed by atoms with van der Waals surface area (Å²) in [5.41, 5.74) is 26.2. The van der Waals surface area contributed by atoms with E-state index >= 15 is 0 Å². The van der Waals surface area contributed by atoms with Gasteiger partial charge < -0.3 is 36.9 Å². The van der Waals surface area contributed by atoms with E-state index in [4.69, 9.17) is 57.0 Å². The summed E-state index contributed by atoms with van der Waals surface area (Å²) in [7, 11) is 1.80. The molecular formula is C116H68N8O6S6. The molecule has 2 aliphatic heterocycles. The number of aromatic nitrogens is 6. The fourth-order valence-electron chi connectivity index (χ4n) is 18.9. The van der Waals surface area contributed by atoms with Crippen LogP contribution in [0.5, 0.6) is 17.2 Å². The van der Waals surface area contributed by atoms with Crippen molar-refractivity contribution in [2.24, 2.45) is 0 Å². The van der Waals surface area contributed by atoms with E-state index < -0.39 is 0 Å². The molecule has 18 aromatic carbocycles. The lowest BCUT2D eigenvalue weighted by Crippen LogP contribution is -2.16. The summed E-state index contributed by atoms with van der Waals surface area (Å²) in [6.07, 6.45) is 0. The Hall–Kier alpha value is -16.2. The molecule has 0 N–H and O–H groups in total. The minimum atomic E-state index is -0.0757. The van der Waals surface area contributed by atoms with E-state index in [9.17, 15) is 0 Å². The van der Waals surface area contributed by atoms with Crippen molar-refractivity contribution >= 4 is 230 Å². The molecule has 9 aromatic heterocycles. The maximum absolute atomic E-state index is 6.77. The number of benzene rings is 18. The number of hydrogen-bond donors (Lipinski definition) is 0. The molecule has 0 radical (unpaired) electrons. The molecule has 0 fully saturated rings. The summed E-state index contributed by atoms with van der Waals surface area (Å²) < 4.78 is 45.5. The number of anilines is 6. The highest BCUT2D eigenvalue weighted by atomic mass is 32.2. The molecule has 0 amide bonds. The van der Waals surface area contributed by atoms with E-state index in [0.29, 0.717) is 17.5 Å².